The van der Waals surface area contributed by atoms with Gasteiger partial charge < -0.3 is 5.32 Å². The molecule has 0 spiro atoms. The van der Waals surface area contributed by atoms with Crippen molar-refractivity contribution in [2.75, 3.05) is 6.54 Å². The third-order valence-electron chi connectivity index (χ3n) is 4.00. The molecule has 2 aromatic carbocycles. The maximum Gasteiger partial charge on any atom is 0.0438 e. The molecule has 0 aliphatic heterocycles. The molecule has 1 unspecified atom stereocenters. The van der Waals surface area contributed by atoms with Gasteiger partial charge in [-0.15, -0.1) is 0 Å². The van der Waals surface area contributed by atoms with Crippen molar-refractivity contribution in [3.63, 3.8) is 0 Å². The van der Waals surface area contributed by atoms with Gasteiger partial charge in [0.25, 0.3) is 0 Å². The van der Waals surface area contributed by atoms with Crippen LogP contribution in [-0.2, 0) is 6.42 Å². The molecule has 21 heavy (non-hydrogen) atoms. The minimum Gasteiger partial charge on any atom is -0.313 e. The van der Waals surface area contributed by atoms with E-state index in [9.17, 15) is 0 Å². The van der Waals surface area contributed by atoms with Crippen LogP contribution in [0.5, 0.6) is 0 Å². The summed E-state index contributed by atoms with van der Waals surface area (Å²) in [5, 5.41) is 4.52. The summed E-state index contributed by atoms with van der Waals surface area (Å²) in [6.45, 7) is 0.999. The Balaban J connectivity index is 1.81. The quantitative estimate of drug-likeness (QED) is 0.744. The lowest BCUT2D eigenvalue weighted by atomic mass is 9.92. The Labute approximate surface area is 139 Å². The second-order valence-corrected chi connectivity index (χ2v) is 6.96. The van der Waals surface area contributed by atoms with Gasteiger partial charge in [-0.3, -0.25) is 0 Å². The maximum atomic E-state index is 6.34. The largest absolute Gasteiger partial charge is 0.313 e. The Bertz CT molecular complexity index is 610. The van der Waals surface area contributed by atoms with Gasteiger partial charge >= 0.3 is 0 Å². The van der Waals surface area contributed by atoms with Crippen LogP contribution in [-0.4, -0.2) is 12.6 Å². The zero-order chi connectivity index (χ0) is 14.7. The predicted molar refractivity (Wildman–Crippen MR) is 93.1 cm³/mol. The van der Waals surface area contributed by atoms with E-state index in [0.717, 1.165) is 24.0 Å². The van der Waals surface area contributed by atoms with E-state index in [1.54, 1.807) is 0 Å². The fourth-order valence-corrected chi connectivity index (χ4v) is 3.45. The van der Waals surface area contributed by atoms with Gasteiger partial charge in [-0.25, -0.2) is 0 Å². The van der Waals surface area contributed by atoms with Gasteiger partial charge in [0.15, 0.2) is 0 Å². The molecule has 1 fully saturated rings. The predicted octanol–water partition coefficient (Wildman–Crippen LogP) is 5.18. The maximum absolute atomic E-state index is 6.34. The first kappa shape index (κ1) is 15.1. The van der Waals surface area contributed by atoms with Gasteiger partial charge in [0, 0.05) is 28.0 Å². The first-order valence-electron chi connectivity index (χ1n) is 7.45. The summed E-state index contributed by atoms with van der Waals surface area (Å²) in [4.78, 5) is 0. The molecule has 2 aromatic rings. The molecule has 1 N–H and O–H groups in total. The summed E-state index contributed by atoms with van der Waals surface area (Å²) in [6, 6.07) is 17.4. The van der Waals surface area contributed by atoms with Crippen LogP contribution < -0.4 is 5.32 Å². The van der Waals surface area contributed by atoms with Crippen LogP contribution in [0.3, 0.4) is 0 Å². The third kappa shape index (κ3) is 4.09. The van der Waals surface area contributed by atoms with Crippen LogP contribution in [0.1, 0.15) is 29.9 Å². The van der Waals surface area contributed by atoms with Crippen LogP contribution in [0.2, 0.25) is 5.02 Å². The monoisotopic (exact) mass is 363 g/mol. The Kier molecular flexibility index (Phi) is 4.99. The number of rotatable bonds is 6. The molecule has 1 aliphatic carbocycles. The van der Waals surface area contributed by atoms with Crippen molar-refractivity contribution in [3.8, 4) is 0 Å². The number of benzene rings is 2. The second-order valence-electron chi connectivity index (χ2n) is 5.70. The summed E-state index contributed by atoms with van der Waals surface area (Å²) in [6.07, 6.45) is 3.59. The molecular weight excluding hydrogens is 346 g/mol. The molecule has 0 amide bonds. The minimum atomic E-state index is 0.432. The van der Waals surface area contributed by atoms with Gasteiger partial charge in [0.05, 0.1) is 0 Å². The highest BCUT2D eigenvalue weighted by Gasteiger charge is 2.23. The third-order valence-corrected chi connectivity index (χ3v) is 5.09. The Morgan fingerprint density at radius 2 is 1.81 bits per heavy atom. The second kappa shape index (κ2) is 6.95. The van der Waals surface area contributed by atoms with Crippen LogP contribution in [0, 0.1) is 0 Å². The normalized spacial score (nSPS) is 15.9. The minimum absolute atomic E-state index is 0.432. The summed E-state index contributed by atoms with van der Waals surface area (Å²) in [5.41, 5.74) is 2.57. The Morgan fingerprint density at radius 3 is 2.52 bits per heavy atom. The summed E-state index contributed by atoms with van der Waals surface area (Å²) >= 11 is 10.0. The summed E-state index contributed by atoms with van der Waals surface area (Å²) in [7, 11) is 0. The van der Waals surface area contributed by atoms with Gasteiger partial charge in [-0.2, -0.15) is 0 Å². The molecule has 0 saturated heterocycles. The summed E-state index contributed by atoms with van der Waals surface area (Å²) in [5.74, 6) is 0.432. The van der Waals surface area contributed by atoms with E-state index < -0.39 is 0 Å². The molecule has 1 saturated carbocycles. The van der Waals surface area contributed by atoms with E-state index in [4.69, 9.17) is 11.6 Å². The highest BCUT2D eigenvalue weighted by atomic mass is 79.9. The van der Waals surface area contributed by atoms with Gasteiger partial charge in [-0.05, 0) is 42.5 Å². The Hall–Kier alpha value is -0.830. The average molecular weight is 365 g/mol. The number of nitrogens with one attached hydrogen (secondary N) is 1. The first-order valence-corrected chi connectivity index (χ1v) is 8.62. The molecule has 1 aliphatic rings. The standard InChI is InChI=1S/C18H19BrClN/c19-17-7-3-2-6-16(17)14(12-21-15-9-10-15)11-13-5-1-4-8-18(13)20/h1-8,14-15,21H,9-12H2. The van der Waals surface area contributed by atoms with Crippen LogP contribution in [0.25, 0.3) is 0 Å². The number of halogens is 2. The van der Waals surface area contributed by atoms with Gasteiger partial charge in [0.2, 0.25) is 0 Å². The van der Waals surface area contributed by atoms with E-state index in [2.05, 4.69) is 57.6 Å². The van der Waals surface area contributed by atoms with E-state index in [1.165, 1.54) is 28.4 Å². The number of hydrogen-bond donors (Lipinski definition) is 1. The lowest BCUT2D eigenvalue weighted by molar-refractivity contribution is 0.576. The molecule has 0 aromatic heterocycles. The Morgan fingerprint density at radius 1 is 1.10 bits per heavy atom. The van der Waals surface area contributed by atoms with Crippen LogP contribution in [0.15, 0.2) is 53.0 Å². The lowest BCUT2D eigenvalue weighted by Crippen LogP contribution is -2.25. The highest BCUT2D eigenvalue weighted by molar-refractivity contribution is 9.10. The van der Waals surface area contributed by atoms with Crippen molar-refractivity contribution in [2.24, 2.45) is 0 Å². The molecule has 0 bridgehead atoms. The fraction of sp³-hybridized carbons (Fsp3) is 0.333. The van der Waals surface area contributed by atoms with E-state index in [0.29, 0.717) is 5.92 Å². The molecule has 0 heterocycles. The SMILES string of the molecule is Clc1ccccc1CC(CNC1CC1)c1ccccc1Br. The van der Waals surface area contributed by atoms with Gasteiger partial charge in [-0.1, -0.05) is 63.9 Å². The zero-order valence-corrected chi connectivity index (χ0v) is 14.2. The molecule has 1 atom stereocenters. The van der Waals surface area contributed by atoms with Crippen molar-refractivity contribution in [1.29, 1.82) is 0 Å². The van der Waals surface area contributed by atoms with Gasteiger partial charge in [0.1, 0.15) is 0 Å². The van der Waals surface area contributed by atoms with Crippen molar-refractivity contribution in [3.05, 3.63) is 69.2 Å². The van der Waals surface area contributed by atoms with Crippen molar-refractivity contribution in [2.45, 2.75) is 31.2 Å². The summed E-state index contributed by atoms with van der Waals surface area (Å²) < 4.78 is 1.18. The molecular formula is C18H19BrClN. The molecule has 1 nitrogen and oxygen atoms in total. The zero-order valence-electron chi connectivity index (χ0n) is 11.9. The van der Waals surface area contributed by atoms with E-state index in [1.807, 2.05) is 12.1 Å². The van der Waals surface area contributed by atoms with E-state index in [-0.39, 0.29) is 0 Å². The van der Waals surface area contributed by atoms with E-state index >= 15 is 0 Å². The van der Waals surface area contributed by atoms with Crippen molar-refractivity contribution >= 4 is 27.5 Å². The van der Waals surface area contributed by atoms with Crippen molar-refractivity contribution < 1.29 is 0 Å². The van der Waals surface area contributed by atoms with Crippen molar-refractivity contribution in [1.82, 2.24) is 5.32 Å². The average Bonchev–Trinajstić information content (AvgIpc) is 3.30. The first-order chi connectivity index (χ1) is 10.2. The highest BCUT2D eigenvalue weighted by Crippen LogP contribution is 2.30. The lowest BCUT2D eigenvalue weighted by Gasteiger charge is -2.20. The molecule has 3 heteroatoms. The van der Waals surface area contributed by atoms with Crippen LogP contribution >= 0.6 is 27.5 Å². The topological polar surface area (TPSA) is 12.0 Å². The smallest absolute Gasteiger partial charge is 0.0438 e. The number of hydrogen-bond acceptors (Lipinski definition) is 1. The molecule has 110 valence electrons. The molecule has 3 rings (SSSR count). The van der Waals surface area contributed by atoms with Crippen LogP contribution in [0.4, 0.5) is 0 Å². The fourth-order valence-electron chi connectivity index (χ4n) is 2.62. The molecule has 0 radical (unpaired) electrons.